The molecule has 0 saturated carbocycles. The minimum atomic E-state index is -0.713. The van der Waals surface area contributed by atoms with Crippen LogP contribution in [-0.4, -0.2) is 14.5 Å². The summed E-state index contributed by atoms with van der Waals surface area (Å²) in [5.74, 6) is 0.228. The molecule has 0 saturated heterocycles. The Bertz CT molecular complexity index is 1180. The average molecular weight is 358 g/mol. The quantitative estimate of drug-likeness (QED) is 0.530. The Balaban J connectivity index is 2.32. The Kier molecular flexibility index (Phi) is 3.40. The van der Waals surface area contributed by atoms with Gasteiger partial charge in [-0.15, -0.1) is 0 Å². The number of nitrogens with zero attached hydrogens (tertiary/aromatic N) is 2. The number of benzene rings is 2. The molecule has 0 bridgehead atoms. The van der Waals surface area contributed by atoms with E-state index in [4.69, 9.17) is 23.2 Å². The highest BCUT2D eigenvalue weighted by Crippen LogP contribution is 2.33. The third kappa shape index (κ3) is 2.21. The SMILES string of the molecule is O=c1nc2n(-c3ccccc3Cl)c3cccc(Cl)c3cc-2c(=O)[nH]1. The van der Waals surface area contributed by atoms with Crippen molar-refractivity contribution in [2.24, 2.45) is 0 Å². The fourth-order valence-corrected chi connectivity index (χ4v) is 3.19. The second-order valence-corrected chi connectivity index (χ2v) is 6.03. The topological polar surface area (TPSA) is 67.8 Å². The van der Waals surface area contributed by atoms with Crippen molar-refractivity contribution in [3.63, 3.8) is 0 Å². The van der Waals surface area contributed by atoms with E-state index in [9.17, 15) is 9.59 Å². The summed E-state index contributed by atoms with van der Waals surface area (Å²) >= 11 is 12.6. The van der Waals surface area contributed by atoms with Crippen LogP contribution in [0.3, 0.4) is 0 Å². The molecule has 5 nitrogen and oxygen atoms in total. The number of halogens is 2. The number of aromatic amines is 1. The number of aromatic nitrogens is 3. The maximum absolute atomic E-state index is 12.2. The molecule has 0 fully saturated rings. The van der Waals surface area contributed by atoms with Crippen LogP contribution < -0.4 is 11.2 Å². The van der Waals surface area contributed by atoms with Crippen LogP contribution in [0, 0.1) is 0 Å². The monoisotopic (exact) mass is 357 g/mol. The predicted octanol–water partition coefficient (Wildman–Crippen LogP) is 3.49. The number of hydrogen-bond acceptors (Lipinski definition) is 3. The first-order valence-electron chi connectivity index (χ1n) is 7.05. The van der Waals surface area contributed by atoms with Crippen molar-refractivity contribution in [3.05, 3.63) is 79.4 Å². The van der Waals surface area contributed by atoms with Gasteiger partial charge in [0.05, 0.1) is 21.8 Å². The minimum Gasteiger partial charge on any atom is -0.292 e. The van der Waals surface area contributed by atoms with Gasteiger partial charge in [-0.25, -0.2) is 4.79 Å². The second-order valence-electron chi connectivity index (χ2n) is 5.21. The van der Waals surface area contributed by atoms with Gasteiger partial charge in [0.25, 0.3) is 5.56 Å². The summed E-state index contributed by atoms with van der Waals surface area (Å²) < 4.78 is 1.68. The zero-order valence-corrected chi connectivity index (χ0v) is 13.6. The first kappa shape index (κ1) is 14.9. The smallest absolute Gasteiger partial charge is 0.292 e. The summed E-state index contributed by atoms with van der Waals surface area (Å²) in [5.41, 5.74) is 0.326. The first-order chi connectivity index (χ1) is 11.6. The van der Waals surface area contributed by atoms with E-state index in [-0.39, 0.29) is 11.4 Å². The molecule has 2 heterocycles. The Morgan fingerprint density at radius 2 is 1.71 bits per heavy atom. The molecule has 0 unspecified atom stereocenters. The van der Waals surface area contributed by atoms with Gasteiger partial charge >= 0.3 is 5.69 Å². The highest BCUT2D eigenvalue weighted by atomic mass is 35.5. The van der Waals surface area contributed by atoms with E-state index in [1.165, 1.54) is 0 Å². The number of rotatable bonds is 1. The number of para-hydroxylation sites is 1. The molecule has 0 atom stereocenters. The van der Waals surface area contributed by atoms with Crippen LogP contribution >= 0.6 is 23.2 Å². The maximum Gasteiger partial charge on any atom is 0.349 e. The molecule has 0 radical (unpaired) electrons. The Labute approximate surface area is 145 Å². The molecule has 4 rings (SSSR count). The molecular formula is C17H9Cl2N3O2. The van der Waals surface area contributed by atoms with Crippen LogP contribution in [0.1, 0.15) is 0 Å². The Morgan fingerprint density at radius 1 is 0.958 bits per heavy atom. The lowest BCUT2D eigenvalue weighted by atomic mass is 10.1. The third-order valence-electron chi connectivity index (χ3n) is 3.78. The standard InChI is InChI=1S/C17H9Cl2N3O2/c18-11-5-3-7-13-9(11)8-10-15(20-17(24)21-16(10)23)22(13)14-6-2-1-4-12(14)19/h1-8H,(H,21,23,24). The van der Waals surface area contributed by atoms with Crippen LogP contribution in [-0.2, 0) is 0 Å². The molecule has 2 aromatic carbocycles. The zero-order chi connectivity index (χ0) is 16.8. The van der Waals surface area contributed by atoms with Gasteiger partial charge in [-0.05, 0) is 30.3 Å². The Morgan fingerprint density at radius 3 is 2.50 bits per heavy atom. The van der Waals surface area contributed by atoms with E-state index in [1.54, 1.807) is 41.0 Å². The summed E-state index contributed by atoms with van der Waals surface area (Å²) in [4.78, 5) is 30.1. The lowest BCUT2D eigenvalue weighted by molar-refractivity contribution is 0.960. The third-order valence-corrected chi connectivity index (χ3v) is 4.43. The van der Waals surface area contributed by atoms with Crippen molar-refractivity contribution in [1.82, 2.24) is 14.5 Å². The number of hydrogen-bond donors (Lipinski definition) is 1. The minimum absolute atomic E-state index is 0.228. The van der Waals surface area contributed by atoms with Crippen molar-refractivity contribution >= 4 is 34.1 Å². The van der Waals surface area contributed by atoms with E-state index in [2.05, 4.69) is 9.97 Å². The molecule has 1 N–H and O–H groups in total. The van der Waals surface area contributed by atoms with Crippen molar-refractivity contribution in [1.29, 1.82) is 0 Å². The molecule has 118 valence electrons. The van der Waals surface area contributed by atoms with E-state index < -0.39 is 11.2 Å². The molecule has 0 amide bonds. The summed E-state index contributed by atoms with van der Waals surface area (Å²) in [6, 6.07) is 14.1. The van der Waals surface area contributed by atoms with Gasteiger partial charge in [0.2, 0.25) is 0 Å². The van der Waals surface area contributed by atoms with E-state index in [0.29, 0.717) is 26.6 Å². The normalized spacial score (nSPS) is 11.2. The molecule has 2 aliphatic heterocycles. The fraction of sp³-hybridized carbons (Fsp3) is 0. The number of nitrogens with one attached hydrogen (secondary N) is 1. The van der Waals surface area contributed by atoms with Crippen LogP contribution in [0.2, 0.25) is 10.0 Å². The lowest BCUT2D eigenvalue weighted by Gasteiger charge is -2.18. The molecular weight excluding hydrogens is 349 g/mol. The van der Waals surface area contributed by atoms with Gasteiger partial charge in [-0.3, -0.25) is 14.3 Å². The molecule has 7 heteroatoms. The van der Waals surface area contributed by atoms with E-state index in [1.807, 2.05) is 12.1 Å². The van der Waals surface area contributed by atoms with Gasteiger partial charge in [0.1, 0.15) is 0 Å². The summed E-state index contributed by atoms with van der Waals surface area (Å²) in [6.45, 7) is 0. The van der Waals surface area contributed by atoms with Gasteiger partial charge in [-0.2, -0.15) is 4.98 Å². The zero-order valence-electron chi connectivity index (χ0n) is 12.1. The van der Waals surface area contributed by atoms with Crippen molar-refractivity contribution in [2.45, 2.75) is 0 Å². The van der Waals surface area contributed by atoms with Crippen molar-refractivity contribution in [3.8, 4) is 17.1 Å². The van der Waals surface area contributed by atoms with Gasteiger partial charge < -0.3 is 0 Å². The summed E-state index contributed by atoms with van der Waals surface area (Å²) in [5, 5.41) is 1.61. The van der Waals surface area contributed by atoms with Crippen LogP contribution in [0.25, 0.3) is 28.0 Å². The Hall–Kier alpha value is -2.63. The number of pyridine rings is 1. The maximum atomic E-state index is 12.2. The van der Waals surface area contributed by atoms with Gasteiger partial charge in [0, 0.05) is 10.4 Å². The molecule has 0 aliphatic carbocycles. The molecule has 0 aromatic heterocycles. The van der Waals surface area contributed by atoms with Gasteiger partial charge in [-0.1, -0.05) is 41.4 Å². The van der Waals surface area contributed by atoms with E-state index >= 15 is 0 Å². The van der Waals surface area contributed by atoms with Crippen molar-refractivity contribution in [2.75, 3.05) is 0 Å². The van der Waals surface area contributed by atoms with Crippen LogP contribution in [0.15, 0.2) is 58.1 Å². The highest BCUT2D eigenvalue weighted by Gasteiger charge is 2.20. The molecule has 2 aromatic rings. The number of H-pyrrole nitrogens is 1. The predicted molar refractivity (Wildman–Crippen MR) is 94.6 cm³/mol. The summed E-state index contributed by atoms with van der Waals surface area (Å²) in [6.07, 6.45) is 0. The molecule has 24 heavy (non-hydrogen) atoms. The first-order valence-corrected chi connectivity index (χ1v) is 7.81. The second kappa shape index (κ2) is 5.47. The number of fused-ring (bicyclic) bond motifs is 2. The van der Waals surface area contributed by atoms with Crippen LogP contribution in [0.4, 0.5) is 0 Å². The summed E-state index contributed by atoms with van der Waals surface area (Å²) in [7, 11) is 0. The van der Waals surface area contributed by atoms with Gasteiger partial charge in [0.15, 0.2) is 5.82 Å². The molecule has 0 spiro atoms. The lowest BCUT2D eigenvalue weighted by Crippen LogP contribution is -2.27. The average Bonchev–Trinajstić information content (AvgIpc) is 2.55. The van der Waals surface area contributed by atoms with E-state index in [0.717, 1.165) is 0 Å². The largest absolute Gasteiger partial charge is 0.349 e. The van der Waals surface area contributed by atoms with Crippen molar-refractivity contribution < 1.29 is 0 Å². The fourth-order valence-electron chi connectivity index (χ4n) is 2.75. The molecule has 2 aliphatic rings. The van der Waals surface area contributed by atoms with Crippen LogP contribution in [0.5, 0.6) is 0 Å². The highest BCUT2D eigenvalue weighted by molar-refractivity contribution is 6.35.